The molecule has 0 amide bonds. The second kappa shape index (κ2) is 5.29. The molecule has 100 valence electrons. The first-order chi connectivity index (χ1) is 8.49. The van der Waals surface area contributed by atoms with Crippen LogP contribution in [0.2, 0.25) is 0 Å². The van der Waals surface area contributed by atoms with Gasteiger partial charge in [0.05, 0.1) is 0 Å². The highest BCUT2D eigenvalue weighted by Gasteiger charge is 2.22. The number of rotatable bonds is 4. The van der Waals surface area contributed by atoms with Crippen molar-refractivity contribution in [2.45, 2.75) is 11.3 Å². The Morgan fingerprint density at radius 2 is 2.17 bits per heavy atom. The highest BCUT2D eigenvalue weighted by atomic mass is 32.2. The van der Waals surface area contributed by atoms with Gasteiger partial charge in [-0.05, 0) is 43.6 Å². The number of nitrogens with one attached hydrogen (secondary N) is 2. The number of halogens is 2. The molecule has 0 spiro atoms. The molecule has 7 heteroatoms. The smallest absolute Gasteiger partial charge is 0.243 e. The second-order valence-corrected chi connectivity index (χ2v) is 6.02. The highest BCUT2D eigenvalue weighted by molar-refractivity contribution is 7.89. The van der Waals surface area contributed by atoms with Crippen LogP contribution in [0.5, 0.6) is 0 Å². The third kappa shape index (κ3) is 3.04. The van der Waals surface area contributed by atoms with Crippen molar-refractivity contribution < 1.29 is 17.2 Å². The van der Waals surface area contributed by atoms with Crippen LogP contribution in [-0.2, 0) is 10.0 Å². The van der Waals surface area contributed by atoms with Crippen LogP contribution in [0.3, 0.4) is 0 Å². The largest absolute Gasteiger partial charge is 0.316 e. The summed E-state index contributed by atoms with van der Waals surface area (Å²) < 4.78 is 52.3. The molecule has 18 heavy (non-hydrogen) atoms. The topological polar surface area (TPSA) is 58.2 Å². The summed E-state index contributed by atoms with van der Waals surface area (Å²) in [6.45, 7) is 1.81. The molecule has 1 atom stereocenters. The van der Waals surface area contributed by atoms with Crippen molar-refractivity contribution in [1.29, 1.82) is 0 Å². The van der Waals surface area contributed by atoms with Crippen molar-refractivity contribution in [2.75, 3.05) is 19.6 Å². The molecule has 1 aliphatic rings. The number of hydrogen-bond acceptors (Lipinski definition) is 3. The molecule has 1 aromatic carbocycles. The van der Waals surface area contributed by atoms with Crippen molar-refractivity contribution in [1.82, 2.24) is 10.0 Å². The fourth-order valence-corrected chi connectivity index (χ4v) is 3.08. The minimum atomic E-state index is -3.99. The molecular weight excluding hydrogens is 262 g/mol. The van der Waals surface area contributed by atoms with Crippen LogP contribution in [0.15, 0.2) is 23.1 Å². The van der Waals surface area contributed by atoms with E-state index in [0.29, 0.717) is 6.07 Å². The van der Waals surface area contributed by atoms with E-state index in [-0.39, 0.29) is 12.5 Å². The van der Waals surface area contributed by atoms with E-state index >= 15 is 0 Å². The summed E-state index contributed by atoms with van der Waals surface area (Å²) in [4.78, 5) is -0.645. The minimum absolute atomic E-state index is 0.191. The van der Waals surface area contributed by atoms with Gasteiger partial charge in [-0.15, -0.1) is 0 Å². The SMILES string of the molecule is O=S(=O)(NCC1CCNC1)c1cc(F)ccc1F. The maximum atomic E-state index is 13.4. The van der Waals surface area contributed by atoms with Gasteiger partial charge in [-0.25, -0.2) is 21.9 Å². The Morgan fingerprint density at radius 1 is 1.39 bits per heavy atom. The van der Waals surface area contributed by atoms with Crippen molar-refractivity contribution in [3.05, 3.63) is 29.8 Å². The molecule has 0 radical (unpaired) electrons. The van der Waals surface area contributed by atoms with E-state index in [9.17, 15) is 17.2 Å². The van der Waals surface area contributed by atoms with Crippen LogP contribution in [0.1, 0.15) is 6.42 Å². The maximum absolute atomic E-state index is 13.4. The first kappa shape index (κ1) is 13.4. The van der Waals surface area contributed by atoms with E-state index in [1.54, 1.807) is 0 Å². The Hall–Kier alpha value is -1.05. The van der Waals surface area contributed by atoms with Crippen LogP contribution in [0.4, 0.5) is 8.78 Å². The van der Waals surface area contributed by atoms with E-state index in [1.165, 1.54) is 0 Å². The first-order valence-electron chi connectivity index (χ1n) is 5.64. The average Bonchev–Trinajstić information content (AvgIpc) is 2.83. The predicted molar refractivity (Wildman–Crippen MR) is 62.5 cm³/mol. The molecule has 1 fully saturated rings. The van der Waals surface area contributed by atoms with Gasteiger partial charge in [0.15, 0.2) is 0 Å². The Morgan fingerprint density at radius 3 is 2.83 bits per heavy atom. The molecule has 1 aliphatic heterocycles. The lowest BCUT2D eigenvalue weighted by molar-refractivity contribution is 0.524. The van der Waals surface area contributed by atoms with Crippen molar-refractivity contribution in [2.24, 2.45) is 5.92 Å². The van der Waals surface area contributed by atoms with Gasteiger partial charge >= 0.3 is 0 Å². The quantitative estimate of drug-likeness (QED) is 0.857. The molecule has 2 N–H and O–H groups in total. The summed E-state index contributed by atoms with van der Waals surface area (Å²) in [5, 5.41) is 3.10. The summed E-state index contributed by atoms with van der Waals surface area (Å²) in [6, 6.07) is 2.38. The molecule has 1 heterocycles. The number of sulfonamides is 1. The van der Waals surface area contributed by atoms with Gasteiger partial charge in [0, 0.05) is 6.54 Å². The molecule has 1 unspecified atom stereocenters. The summed E-state index contributed by atoms with van der Waals surface area (Å²) >= 11 is 0. The van der Waals surface area contributed by atoms with E-state index in [4.69, 9.17) is 0 Å². The normalized spacial score (nSPS) is 20.2. The molecule has 1 saturated heterocycles. The molecule has 2 rings (SSSR count). The van der Waals surface area contributed by atoms with Gasteiger partial charge in [-0.3, -0.25) is 0 Å². The summed E-state index contributed by atoms with van der Waals surface area (Å²) in [6.07, 6.45) is 0.869. The number of benzene rings is 1. The Bertz CT molecular complexity index is 528. The van der Waals surface area contributed by atoms with Crippen molar-refractivity contribution in [3.8, 4) is 0 Å². The lowest BCUT2D eigenvalue weighted by Crippen LogP contribution is -2.31. The van der Waals surface area contributed by atoms with Gasteiger partial charge in [0.2, 0.25) is 10.0 Å². The lowest BCUT2D eigenvalue weighted by atomic mass is 10.1. The highest BCUT2D eigenvalue weighted by Crippen LogP contribution is 2.16. The molecule has 4 nitrogen and oxygen atoms in total. The van der Waals surface area contributed by atoms with Crippen LogP contribution in [0, 0.1) is 17.6 Å². The zero-order valence-corrected chi connectivity index (χ0v) is 10.4. The van der Waals surface area contributed by atoms with Crippen LogP contribution in [0.25, 0.3) is 0 Å². The minimum Gasteiger partial charge on any atom is -0.316 e. The third-order valence-corrected chi connectivity index (χ3v) is 4.35. The van der Waals surface area contributed by atoms with E-state index in [0.717, 1.165) is 31.6 Å². The van der Waals surface area contributed by atoms with E-state index in [1.807, 2.05) is 0 Å². The van der Waals surface area contributed by atoms with Crippen LogP contribution >= 0.6 is 0 Å². The maximum Gasteiger partial charge on any atom is 0.243 e. The predicted octanol–water partition coefficient (Wildman–Crippen LogP) is 0.853. The fraction of sp³-hybridized carbons (Fsp3) is 0.455. The molecule has 0 aliphatic carbocycles. The van der Waals surface area contributed by atoms with Crippen molar-refractivity contribution in [3.63, 3.8) is 0 Å². The molecule has 0 saturated carbocycles. The molecule has 0 bridgehead atoms. The van der Waals surface area contributed by atoms with Gasteiger partial charge < -0.3 is 5.32 Å². The van der Waals surface area contributed by atoms with Gasteiger partial charge in [-0.2, -0.15) is 0 Å². The standard InChI is InChI=1S/C11H14F2N2O2S/c12-9-1-2-10(13)11(5-9)18(16,17)15-7-8-3-4-14-6-8/h1-2,5,8,14-15H,3-4,6-7H2. The molecule has 0 aromatic heterocycles. The first-order valence-corrected chi connectivity index (χ1v) is 7.13. The second-order valence-electron chi connectivity index (χ2n) is 4.29. The fourth-order valence-electron chi connectivity index (χ4n) is 1.88. The lowest BCUT2D eigenvalue weighted by Gasteiger charge is -2.11. The zero-order valence-electron chi connectivity index (χ0n) is 9.62. The Kier molecular flexibility index (Phi) is 3.94. The van der Waals surface area contributed by atoms with Gasteiger partial charge in [0.1, 0.15) is 16.5 Å². The van der Waals surface area contributed by atoms with Gasteiger partial charge in [-0.1, -0.05) is 0 Å². The van der Waals surface area contributed by atoms with Crippen LogP contribution < -0.4 is 10.0 Å². The summed E-state index contributed by atoms with van der Waals surface area (Å²) in [5.74, 6) is -1.54. The average molecular weight is 276 g/mol. The van der Waals surface area contributed by atoms with E-state index < -0.39 is 26.6 Å². The monoisotopic (exact) mass is 276 g/mol. The number of hydrogen-bond donors (Lipinski definition) is 2. The van der Waals surface area contributed by atoms with Gasteiger partial charge in [0.25, 0.3) is 0 Å². The summed E-state index contributed by atoms with van der Waals surface area (Å²) in [5.41, 5.74) is 0. The van der Waals surface area contributed by atoms with Crippen LogP contribution in [-0.4, -0.2) is 28.1 Å². The summed E-state index contributed by atoms with van der Waals surface area (Å²) in [7, 11) is -3.99. The third-order valence-electron chi connectivity index (χ3n) is 2.91. The van der Waals surface area contributed by atoms with E-state index in [2.05, 4.69) is 10.0 Å². The molecular formula is C11H14F2N2O2S. The Labute approximate surface area is 104 Å². The Balaban J connectivity index is 2.12. The van der Waals surface area contributed by atoms with Crippen molar-refractivity contribution >= 4 is 10.0 Å². The molecule has 1 aromatic rings. The zero-order chi connectivity index (χ0) is 13.2.